The fourth-order valence-corrected chi connectivity index (χ4v) is 1.54. The van der Waals surface area contributed by atoms with Crippen molar-refractivity contribution in [2.75, 3.05) is 18.5 Å². The standard InChI is InChI=1S/C9H12ClN3O/c1-6-4-11-9(10)13-8(6)12-7-2-3-14-5-7/h4,7H,2-3,5H2,1H3,(H,11,12,13). The molecule has 0 saturated carbocycles. The number of nitrogens with zero attached hydrogens (tertiary/aromatic N) is 2. The SMILES string of the molecule is Cc1cnc(Cl)nc1NC1CCOC1. The van der Waals surface area contributed by atoms with E-state index in [0.29, 0.717) is 6.04 Å². The molecule has 0 amide bonds. The van der Waals surface area contributed by atoms with Crippen LogP contribution in [0.2, 0.25) is 5.28 Å². The minimum absolute atomic E-state index is 0.275. The van der Waals surface area contributed by atoms with Crippen molar-refractivity contribution in [3.8, 4) is 0 Å². The summed E-state index contributed by atoms with van der Waals surface area (Å²) >= 11 is 5.71. The molecule has 1 aromatic heterocycles. The summed E-state index contributed by atoms with van der Waals surface area (Å²) in [6.45, 7) is 3.51. The van der Waals surface area contributed by atoms with Gasteiger partial charge in [0.2, 0.25) is 5.28 Å². The van der Waals surface area contributed by atoms with E-state index in [4.69, 9.17) is 16.3 Å². The van der Waals surface area contributed by atoms with Gasteiger partial charge in [0.05, 0.1) is 12.6 Å². The summed E-state index contributed by atoms with van der Waals surface area (Å²) in [4.78, 5) is 8.02. The number of halogens is 1. The fourth-order valence-electron chi connectivity index (χ4n) is 1.41. The van der Waals surface area contributed by atoms with Crippen molar-refractivity contribution in [2.24, 2.45) is 0 Å². The van der Waals surface area contributed by atoms with E-state index in [1.165, 1.54) is 0 Å². The Morgan fingerprint density at radius 3 is 3.21 bits per heavy atom. The third-order valence-electron chi connectivity index (χ3n) is 2.21. The largest absolute Gasteiger partial charge is 0.379 e. The van der Waals surface area contributed by atoms with Gasteiger partial charge in [0.1, 0.15) is 5.82 Å². The molecule has 1 unspecified atom stereocenters. The van der Waals surface area contributed by atoms with Crippen LogP contribution in [0.15, 0.2) is 6.20 Å². The van der Waals surface area contributed by atoms with Gasteiger partial charge in [-0.05, 0) is 24.9 Å². The molecule has 5 heteroatoms. The van der Waals surface area contributed by atoms with E-state index < -0.39 is 0 Å². The first kappa shape index (κ1) is 9.68. The molecule has 1 N–H and O–H groups in total. The summed E-state index contributed by atoms with van der Waals surface area (Å²) in [5.41, 5.74) is 1.00. The fraction of sp³-hybridized carbons (Fsp3) is 0.556. The van der Waals surface area contributed by atoms with Crippen LogP contribution in [-0.4, -0.2) is 29.2 Å². The summed E-state index contributed by atoms with van der Waals surface area (Å²) in [5.74, 6) is 0.806. The number of hydrogen-bond donors (Lipinski definition) is 1. The average molecular weight is 214 g/mol. The van der Waals surface area contributed by atoms with Crippen LogP contribution in [0.1, 0.15) is 12.0 Å². The van der Waals surface area contributed by atoms with Gasteiger partial charge >= 0.3 is 0 Å². The lowest BCUT2D eigenvalue weighted by atomic mass is 10.2. The molecule has 76 valence electrons. The maximum absolute atomic E-state index is 5.71. The first-order valence-corrected chi connectivity index (χ1v) is 4.97. The van der Waals surface area contributed by atoms with Crippen LogP contribution in [-0.2, 0) is 4.74 Å². The zero-order chi connectivity index (χ0) is 9.97. The Morgan fingerprint density at radius 2 is 2.50 bits per heavy atom. The molecule has 4 nitrogen and oxygen atoms in total. The highest BCUT2D eigenvalue weighted by Gasteiger charge is 2.16. The van der Waals surface area contributed by atoms with Crippen molar-refractivity contribution in [3.63, 3.8) is 0 Å². The Hall–Kier alpha value is -0.870. The summed E-state index contributed by atoms with van der Waals surface area (Å²) in [6, 6.07) is 0.347. The first-order chi connectivity index (χ1) is 6.75. The second-order valence-electron chi connectivity index (χ2n) is 3.38. The van der Waals surface area contributed by atoms with E-state index in [1.807, 2.05) is 6.92 Å². The van der Waals surface area contributed by atoms with Crippen LogP contribution in [0.4, 0.5) is 5.82 Å². The van der Waals surface area contributed by atoms with E-state index in [0.717, 1.165) is 31.0 Å². The summed E-state index contributed by atoms with van der Waals surface area (Å²) in [6.07, 6.45) is 2.73. The number of hydrogen-bond acceptors (Lipinski definition) is 4. The Bertz CT molecular complexity index is 326. The zero-order valence-corrected chi connectivity index (χ0v) is 8.71. The molecule has 2 rings (SSSR count). The van der Waals surface area contributed by atoms with Crippen LogP contribution in [0.25, 0.3) is 0 Å². The van der Waals surface area contributed by atoms with E-state index >= 15 is 0 Å². The maximum Gasteiger partial charge on any atom is 0.224 e. The lowest BCUT2D eigenvalue weighted by molar-refractivity contribution is 0.195. The Morgan fingerprint density at radius 1 is 1.64 bits per heavy atom. The molecule has 0 aromatic carbocycles. The third kappa shape index (κ3) is 2.13. The van der Waals surface area contributed by atoms with E-state index in [1.54, 1.807) is 6.20 Å². The topological polar surface area (TPSA) is 47.0 Å². The second-order valence-corrected chi connectivity index (χ2v) is 3.71. The van der Waals surface area contributed by atoms with Gasteiger partial charge in [-0.1, -0.05) is 0 Å². The lowest BCUT2D eigenvalue weighted by Gasteiger charge is -2.12. The van der Waals surface area contributed by atoms with Gasteiger partial charge in [0.15, 0.2) is 0 Å². The Labute approximate surface area is 87.7 Å². The normalized spacial score (nSPS) is 21.1. The highest BCUT2D eigenvalue weighted by molar-refractivity contribution is 6.28. The van der Waals surface area contributed by atoms with Gasteiger partial charge in [0.25, 0.3) is 0 Å². The average Bonchev–Trinajstić information content (AvgIpc) is 2.64. The van der Waals surface area contributed by atoms with Crippen molar-refractivity contribution in [1.29, 1.82) is 0 Å². The van der Waals surface area contributed by atoms with Crippen molar-refractivity contribution in [3.05, 3.63) is 17.0 Å². The minimum atomic E-state index is 0.275. The summed E-state index contributed by atoms with van der Waals surface area (Å²) in [5, 5.41) is 3.56. The Balaban J connectivity index is 2.10. The van der Waals surface area contributed by atoms with Crippen LogP contribution >= 0.6 is 11.6 Å². The number of anilines is 1. The molecule has 1 saturated heterocycles. The van der Waals surface area contributed by atoms with E-state index in [9.17, 15) is 0 Å². The Kier molecular flexibility index (Phi) is 2.84. The third-order valence-corrected chi connectivity index (χ3v) is 2.39. The molecule has 1 aliphatic rings. The van der Waals surface area contributed by atoms with Gasteiger partial charge < -0.3 is 10.1 Å². The monoisotopic (exact) mass is 213 g/mol. The molecule has 1 fully saturated rings. The van der Waals surface area contributed by atoms with Crippen molar-refractivity contribution in [2.45, 2.75) is 19.4 Å². The number of rotatable bonds is 2. The number of aromatic nitrogens is 2. The highest BCUT2D eigenvalue weighted by atomic mass is 35.5. The van der Waals surface area contributed by atoms with Crippen molar-refractivity contribution in [1.82, 2.24) is 9.97 Å². The maximum atomic E-state index is 5.71. The van der Waals surface area contributed by atoms with Crippen LogP contribution in [0, 0.1) is 6.92 Å². The van der Waals surface area contributed by atoms with Crippen LogP contribution in [0.5, 0.6) is 0 Å². The van der Waals surface area contributed by atoms with Gasteiger partial charge in [-0.15, -0.1) is 0 Å². The van der Waals surface area contributed by atoms with Crippen LogP contribution < -0.4 is 5.32 Å². The quantitative estimate of drug-likeness (QED) is 0.759. The molecule has 0 aliphatic carbocycles. The summed E-state index contributed by atoms with van der Waals surface area (Å²) < 4.78 is 5.26. The second kappa shape index (κ2) is 4.11. The molecule has 0 bridgehead atoms. The predicted octanol–water partition coefficient (Wildman–Crippen LogP) is 1.64. The molecule has 1 atom stereocenters. The molecule has 0 radical (unpaired) electrons. The molecule has 1 aliphatic heterocycles. The molecule has 1 aromatic rings. The van der Waals surface area contributed by atoms with Crippen molar-refractivity contribution < 1.29 is 4.74 Å². The molecular weight excluding hydrogens is 202 g/mol. The number of aryl methyl sites for hydroxylation is 1. The zero-order valence-electron chi connectivity index (χ0n) is 7.96. The first-order valence-electron chi connectivity index (χ1n) is 4.59. The van der Waals surface area contributed by atoms with Gasteiger partial charge in [-0.25, -0.2) is 9.97 Å². The molecule has 2 heterocycles. The summed E-state index contributed by atoms with van der Waals surface area (Å²) in [7, 11) is 0. The smallest absolute Gasteiger partial charge is 0.224 e. The lowest BCUT2D eigenvalue weighted by Crippen LogP contribution is -2.20. The van der Waals surface area contributed by atoms with Gasteiger partial charge in [-0.2, -0.15) is 0 Å². The van der Waals surface area contributed by atoms with Crippen molar-refractivity contribution >= 4 is 17.4 Å². The highest BCUT2D eigenvalue weighted by Crippen LogP contribution is 2.16. The molecule has 14 heavy (non-hydrogen) atoms. The van der Waals surface area contributed by atoms with E-state index in [-0.39, 0.29) is 5.28 Å². The van der Waals surface area contributed by atoms with E-state index in [2.05, 4.69) is 15.3 Å². The molecule has 0 spiro atoms. The van der Waals surface area contributed by atoms with Gasteiger partial charge in [0, 0.05) is 18.4 Å². The molecular formula is C9H12ClN3O. The van der Waals surface area contributed by atoms with Crippen LogP contribution in [0.3, 0.4) is 0 Å². The predicted molar refractivity (Wildman–Crippen MR) is 54.6 cm³/mol. The minimum Gasteiger partial charge on any atom is -0.379 e. The number of ether oxygens (including phenoxy) is 1. The van der Waals surface area contributed by atoms with Gasteiger partial charge in [-0.3, -0.25) is 0 Å². The number of nitrogens with one attached hydrogen (secondary N) is 1.